The molecular formula is C12H18N2O. The fourth-order valence-corrected chi connectivity index (χ4v) is 1.21. The van der Waals surface area contributed by atoms with E-state index >= 15 is 0 Å². The Morgan fingerprint density at radius 3 is 2.60 bits per heavy atom. The molecule has 0 radical (unpaired) electrons. The third kappa shape index (κ3) is 4.61. The first kappa shape index (κ1) is 11.7. The first-order valence-electron chi connectivity index (χ1n) is 5.14. The molecular weight excluding hydrogens is 188 g/mol. The molecule has 3 nitrogen and oxygen atoms in total. The van der Waals surface area contributed by atoms with Crippen LogP contribution in [-0.2, 0) is 6.54 Å². The largest absolute Gasteiger partial charge is 0.350 e. The number of nitrogens with zero attached hydrogens (tertiary/aromatic N) is 1. The van der Waals surface area contributed by atoms with E-state index < -0.39 is 0 Å². The molecule has 0 aliphatic heterocycles. The van der Waals surface area contributed by atoms with Gasteiger partial charge in [-0.25, -0.2) is 0 Å². The van der Waals surface area contributed by atoms with Gasteiger partial charge in [-0.15, -0.1) is 0 Å². The highest BCUT2D eigenvalue weighted by Crippen LogP contribution is 1.95. The number of aromatic nitrogens is 1. The van der Waals surface area contributed by atoms with Crippen LogP contribution in [0.1, 0.15) is 13.8 Å². The van der Waals surface area contributed by atoms with Crippen LogP contribution < -0.4 is 10.7 Å². The van der Waals surface area contributed by atoms with Crippen LogP contribution in [0.15, 0.2) is 41.5 Å². The standard InChI is InChI=1S/C12H18N2O/c1-10(2)13-8-11(3)9-14-6-4-12(15)5-7-14/h4-7,10,13H,3,8-9H2,1-2H3. The maximum atomic E-state index is 10.9. The van der Waals surface area contributed by atoms with Gasteiger partial charge in [0.1, 0.15) is 0 Å². The average Bonchev–Trinajstić information content (AvgIpc) is 2.19. The van der Waals surface area contributed by atoms with Crippen molar-refractivity contribution >= 4 is 0 Å². The molecule has 0 unspecified atom stereocenters. The zero-order valence-corrected chi connectivity index (χ0v) is 9.36. The fourth-order valence-electron chi connectivity index (χ4n) is 1.21. The van der Waals surface area contributed by atoms with E-state index in [1.165, 1.54) is 0 Å². The van der Waals surface area contributed by atoms with Crippen molar-refractivity contribution in [2.24, 2.45) is 0 Å². The first-order chi connectivity index (χ1) is 7.08. The predicted molar refractivity (Wildman–Crippen MR) is 63.0 cm³/mol. The summed E-state index contributed by atoms with van der Waals surface area (Å²) in [5.41, 5.74) is 1.14. The van der Waals surface area contributed by atoms with Crippen molar-refractivity contribution in [2.75, 3.05) is 6.54 Å². The van der Waals surface area contributed by atoms with Gasteiger partial charge in [-0.05, 0) is 5.57 Å². The molecule has 15 heavy (non-hydrogen) atoms. The van der Waals surface area contributed by atoms with Gasteiger partial charge < -0.3 is 9.88 Å². The van der Waals surface area contributed by atoms with Gasteiger partial charge in [-0.3, -0.25) is 4.79 Å². The van der Waals surface area contributed by atoms with Crippen LogP contribution in [0.25, 0.3) is 0 Å². The van der Waals surface area contributed by atoms with E-state index in [0.717, 1.165) is 18.7 Å². The van der Waals surface area contributed by atoms with Gasteiger partial charge in [-0.2, -0.15) is 0 Å². The Labute approximate surface area is 90.4 Å². The van der Waals surface area contributed by atoms with Crippen molar-refractivity contribution in [3.8, 4) is 0 Å². The molecule has 0 saturated heterocycles. The molecule has 3 heteroatoms. The minimum absolute atomic E-state index is 0.0390. The van der Waals surface area contributed by atoms with Crippen molar-refractivity contribution in [1.82, 2.24) is 9.88 Å². The molecule has 1 N–H and O–H groups in total. The smallest absolute Gasteiger partial charge is 0.181 e. The summed E-state index contributed by atoms with van der Waals surface area (Å²) in [6, 6.07) is 3.59. The number of pyridine rings is 1. The second-order valence-corrected chi connectivity index (χ2v) is 3.99. The Balaban J connectivity index is 2.44. The van der Waals surface area contributed by atoms with Crippen LogP contribution >= 0.6 is 0 Å². The molecule has 0 aliphatic carbocycles. The van der Waals surface area contributed by atoms with E-state index in [1.54, 1.807) is 24.5 Å². The monoisotopic (exact) mass is 206 g/mol. The van der Waals surface area contributed by atoms with Crippen LogP contribution in [0.2, 0.25) is 0 Å². The van der Waals surface area contributed by atoms with Crippen molar-refractivity contribution in [3.05, 3.63) is 46.9 Å². The molecule has 82 valence electrons. The van der Waals surface area contributed by atoms with Gasteiger partial charge in [-0.1, -0.05) is 20.4 Å². The van der Waals surface area contributed by atoms with Gasteiger partial charge in [0.25, 0.3) is 0 Å². The average molecular weight is 206 g/mol. The zero-order valence-electron chi connectivity index (χ0n) is 9.36. The lowest BCUT2D eigenvalue weighted by atomic mass is 10.2. The predicted octanol–water partition coefficient (Wildman–Crippen LogP) is 1.40. The number of hydrogen-bond donors (Lipinski definition) is 1. The molecule has 0 aromatic carbocycles. The second-order valence-electron chi connectivity index (χ2n) is 3.99. The summed E-state index contributed by atoms with van der Waals surface area (Å²) in [6.07, 6.45) is 3.56. The van der Waals surface area contributed by atoms with Crippen LogP contribution in [-0.4, -0.2) is 17.2 Å². The lowest BCUT2D eigenvalue weighted by Crippen LogP contribution is -2.25. The van der Waals surface area contributed by atoms with Gasteiger partial charge in [0.05, 0.1) is 0 Å². The molecule has 0 aliphatic rings. The minimum atomic E-state index is 0.0390. The maximum absolute atomic E-state index is 10.9. The Bertz CT molecular complexity index is 359. The van der Waals surface area contributed by atoms with E-state index in [2.05, 4.69) is 25.7 Å². The van der Waals surface area contributed by atoms with Crippen molar-refractivity contribution < 1.29 is 0 Å². The molecule has 0 spiro atoms. The van der Waals surface area contributed by atoms with Gasteiger partial charge in [0.2, 0.25) is 0 Å². The highest BCUT2D eigenvalue weighted by atomic mass is 16.1. The van der Waals surface area contributed by atoms with Crippen LogP contribution in [0.3, 0.4) is 0 Å². The molecule has 0 bridgehead atoms. The minimum Gasteiger partial charge on any atom is -0.350 e. The third-order valence-corrected chi connectivity index (χ3v) is 2.03. The van der Waals surface area contributed by atoms with Crippen molar-refractivity contribution in [3.63, 3.8) is 0 Å². The number of nitrogens with one attached hydrogen (secondary N) is 1. The summed E-state index contributed by atoms with van der Waals surface area (Å²) in [7, 11) is 0. The van der Waals surface area contributed by atoms with E-state index in [-0.39, 0.29) is 5.43 Å². The Kier molecular flexibility index (Phi) is 4.31. The summed E-state index contributed by atoms with van der Waals surface area (Å²) in [5.74, 6) is 0. The second kappa shape index (κ2) is 5.51. The lowest BCUT2D eigenvalue weighted by molar-refractivity contribution is 0.603. The fraction of sp³-hybridized carbons (Fsp3) is 0.417. The lowest BCUT2D eigenvalue weighted by Gasteiger charge is -2.12. The van der Waals surface area contributed by atoms with Gasteiger partial charge >= 0.3 is 0 Å². The highest BCUT2D eigenvalue weighted by molar-refractivity contribution is 5.01. The van der Waals surface area contributed by atoms with Crippen LogP contribution in [0.5, 0.6) is 0 Å². The number of hydrogen-bond acceptors (Lipinski definition) is 2. The van der Waals surface area contributed by atoms with E-state index in [9.17, 15) is 4.79 Å². The Hall–Kier alpha value is -1.35. The van der Waals surface area contributed by atoms with Crippen molar-refractivity contribution in [2.45, 2.75) is 26.4 Å². The molecule has 1 heterocycles. The van der Waals surface area contributed by atoms with E-state index in [4.69, 9.17) is 0 Å². The highest BCUT2D eigenvalue weighted by Gasteiger charge is 1.97. The van der Waals surface area contributed by atoms with Crippen LogP contribution in [0.4, 0.5) is 0 Å². The first-order valence-corrected chi connectivity index (χ1v) is 5.14. The zero-order chi connectivity index (χ0) is 11.3. The summed E-state index contributed by atoms with van der Waals surface area (Å²) < 4.78 is 1.95. The van der Waals surface area contributed by atoms with Crippen molar-refractivity contribution in [1.29, 1.82) is 0 Å². The molecule has 0 atom stereocenters. The quantitative estimate of drug-likeness (QED) is 0.739. The van der Waals surface area contributed by atoms with E-state index in [0.29, 0.717) is 6.04 Å². The van der Waals surface area contributed by atoms with Gasteiger partial charge in [0, 0.05) is 43.7 Å². The SMILES string of the molecule is C=C(CNC(C)C)Cn1ccc(=O)cc1. The maximum Gasteiger partial charge on any atom is 0.181 e. The Morgan fingerprint density at radius 2 is 2.07 bits per heavy atom. The summed E-state index contributed by atoms with van der Waals surface area (Å²) in [4.78, 5) is 10.9. The third-order valence-electron chi connectivity index (χ3n) is 2.03. The van der Waals surface area contributed by atoms with Gasteiger partial charge in [0.15, 0.2) is 5.43 Å². The number of rotatable bonds is 5. The molecule has 0 saturated carbocycles. The van der Waals surface area contributed by atoms with Crippen LogP contribution in [0, 0.1) is 0 Å². The van der Waals surface area contributed by atoms with E-state index in [1.807, 2.05) is 4.57 Å². The molecule has 0 fully saturated rings. The molecule has 1 rings (SSSR count). The molecule has 1 aromatic rings. The summed E-state index contributed by atoms with van der Waals surface area (Å²) in [6.45, 7) is 9.75. The normalized spacial score (nSPS) is 10.6. The summed E-state index contributed by atoms with van der Waals surface area (Å²) >= 11 is 0. The summed E-state index contributed by atoms with van der Waals surface area (Å²) in [5, 5.41) is 3.30. The topological polar surface area (TPSA) is 34.0 Å². The molecule has 1 aromatic heterocycles. The molecule has 0 amide bonds. The Morgan fingerprint density at radius 1 is 1.47 bits per heavy atom.